The lowest BCUT2D eigenvalue weighted by Gasteiger charge is -2.12. The lowest BCUT2D eigenvalue weighted by molar-refractivity contribution is -0.152. The molecule has 0 unspecified atom stereocenters. The van der Waals surface area contributed by atoms with E-state index in [1.54, 1.807) is 6.92 Å². The molecule has 0 heterocycles. The van der Waals surface area contributed by atoms with Crippen LogP contribution in [0, 0.1) is 13.8 Å². The predicted octanol–water partition coefficient (Wildman–Crippen LogP) is 0.938. The number of amides is 2. The predicted molar refractivity (Wildman–Crippen MR) is 85.0 cm³/mol. The van der Waals surface area contributed by atoms with E-state index in [0.29, 0.717) is 6.61 Å². The number of benzene rings is 1. The molecule has 1 aromatic carbocycles. The average molecular weight is 322 g/mol. The van der Waals surface area contributed by atoms with E-state index < -0.39 is 18.5 Å². The molecule has 1 rings (SSSR count). The molecule has 1 aromatic rings. The molecule has 0 atom stereocenters. The fourth-order valence-electron chi connectivity index (χ4n) is 1.80. The number of para-hydroxylation sites is 1. The van der Waals surface area contributed by atoms with Crippen molar-refractivity contribution in [3.8, 4) is 0 Å². The molecular weight excluding hydrogens is 300 g/mol. The highest BCUT2D eigenvalue weighted by Crippen LogP contribution is 2.18. The van der Waals surface area contributed by atoms with Crippen LogP contribution in [-0.4, -0.2) is 44.1 Å². The van der Waals surface area contributed by atoms with Crippen LogP contribution < -0.4 is 10.6 Å². The van der Waals surface area contributed by atoms with Gasteiger partial charge in [0.05, 0.1) is 6.54 Å². The van der Waals surface area contributed by atoms with E-state index in [4.69, 9.17) is 4.74 Å². The molecule has 0 aromatic heterocycles. The molecule has 2 amide bonds. The highest BCUT2D eigenvalue weighted by molar-refractivity contribution is 5.96. The van der Waals surface area contributed by atoms with Crippen LogP contribution in [-0.2, 0) is 23.9 Å². The van der Waals surface area contributed by atoms with Crippen molar-refractivity contribution in [1.29, 1.82) is 0 Å². The monoisotopic (exact) mass is 322 g/mol. The van der Waals surface area contributed by atoms with Crippen LogP contribution in [0.25, 0.3) is 0 Å². The third-order valence-corrected chi connectivity index (χ3v) is 2.98. The van der Waals surface area contributed by atoms with Gasteiger partial charge < -0.3 is 20.1 Å². The maximum absolute atomic E-state index is 11.8. The van der Waals surface area contributed by atoms with Crippen molar-refractivity contribution >= 4 is 23.5 Å². The molecule has 0 aliphatic carbocycles. The van der Waals surface area contributed by atoms with Gasteiger partial charge in [0.2, 0.25) is 5.91 Å². The molecule has 0 saturated carbocycles. The second-order valence-corrected chi connectivity index (χ2v) is 4.89. The van der Waals surface area contributed by atoms with E-state index >= 15 is 0 Å². The Morgan fingerprint density at radius 3 is 2.30 bits per heavy atom. The number of rotatable bonds is 8. The minimum atomic E-state index is -0.623. The smallest absolute Gasteiger partial charge is 0.332 e. The lowest BCUT2D eigenvalue weighted by atomic mass is 10.1. The molecule has 2 N–H and O–H groups in total. The van der Waals surface area contributed by atoms with Gasteiger partial charge in [-0.1, -0.05) is 18.2 Å². The van der Waals surface area contributed by atoms with E-state index in [2.05, 4.69) is 15.4 Å². The number of anilines is 1. The molecular formula is C16H22N2O5. The summed E-state index contributed by atoms with van der Waals surface area (Å²) in [5.41, 5.74) is 2.61. The summed E-state index contributed by atoms with van der Waals surface area (Å²) in [6, 6.07) is 5.68. The normalized spacial score (nSPS) is 10.0. The molecule has 0 spiro atoms. The Hall–Kier alpha value is -2.41. The van der Waals surface area contributed by atoms with Crippen LogP contribution in [0.2, 0.25) is 0 Å². The molecule has 0 radical (unpaired) electrons. The van der Waals surface area contributed by atoms with Gasteiger partial charge in [-0.15, -0.1) is 0 Å². The van der Waals surface area contributed by atoms with Crippen LogP contribution in [0.3, 0.4) is 0 Å². The van der Waals surface area contributed by atoms with Gasteiger partial charge in [0.1, 0.15) is 6.61 Å². The molecule has 126 valence electrons. The molecule has 0 bridgehead atoms. The maximum Gasteiger partial charge on any atom is 0.332 e. The summed E-state index contributed by atoms with van der Waals surface area (Å²) in [4.78, 5) is 34.5. The van der Waals surface area contributed by atoms with Crippen molar-refractivity contribution in [1.82, 2.24) is 5.32 Å². The molecule has 0 saturated heterocycles. The summed E-state index contributed by atoms with van der Waals surface area (Å²) < 4.78 is 9.53. The number of hydrogen-bond donors (Lipinski definition) is 2. The number of carbonyl (C=O) groups is 3. The summed E-state index contributed by atoms with van der Waals surface area (Å²) in [7, 11) is 0. The first-order chi connectivity index (χ1) is 10.9. The second kappa shape index (κ2) is 9.58. The van der Waals surface area contributed by atoms with Gasteiger partial charge in [-0.25, -0.2) is 4.79 Å². The SMILES string of the molecule is CCOCC(=O)OCC(=O)NCC(=O)Nc1c(C)cccc1C. The molecule has 23 heavy (non-hydrogen) atoms. The lowest BCUT2D eigenvalue weighted by Crippen LogP contribution is -2.36. The Morgan fingerprint density at radius 1 is 1.04 bits per heavy atom. The van der Waals surface area contributed by atoms with E-state index in [-0.39, 0.29) is 19.1 Å². The number of esters is 1. The first kappa shape index (κ1) is 18.6. The number of carbonyl (C=O) groups excluding carboxylic acids is 3. The molecule has 0 aliphatic heterocycles. The maximum atomic E-state index is 11.8. The minimum absolute atomic E-state index is 0.198. The zero-order valence-electron chi connectivity index (χ0n) is 13.6. The fraction of sp³-hybridized carbons (Fsp3) is 0.438. The van der Waals surface area contributed by atoms with E-state index in [1.165, 1.54) is 0 Å². The van der Waals surface area contributed by atoms with Gasteiger partial charge in [-0.3, -0.25) is 9.59 Å². The molecule has 0 aliphatic rings. The molecule has 0 fully saturated rings. The zero-order chi connectivity index (χ0) is 17.2. The van der Waals surface area contributed by atoms with Gasteiger partial charge in [0, 0.05) is 12.3 Å². The van der Waals surface area contributed by atoms with Crippen molar-refractivity contribution < 1.29 is 23.9 Å². The van der Waals surface area contributed by atoms with Crippen LogP contribution in [0.1, 0.15) is 18.1 Å². The first-order valence-corrected chi connectivity index (χ1v) is 7.30. The van der Waals surface area contributed by atoms with Crippen molar-refractivity contribution in [2.45, 2.75) is 20.8 Å². The van der Waals surface area contributed by atoms with Crippen molar-refractivity contribution in [3.05, 3.63) is 29.3 Å². The zero-order valence-corrected chi connectivity index (χ0v) is 13.6. The summed E-state index contributed by atoms with van der Waals surface area (Å²) in [6.45, 7) is 5.07. The third kappa shape index (κ3) is 6.92. The topological polar surface area (TPSA) is 93.7 Å². The Labute approximate surface area is 135 Å². The highest BCUT2D eigenvalue weighted by Gasteiger charge is 2.11. The summed E-state index contributed by atoms with van der Waals surface area (Å²) in [5.74, 6) is -1.52. The average Bonchev–Trinajstić information content (AvgIpc) is 2.52. The van der Waals surface area contributed by atoms with Crippen LogP contribution >= 0.6 is 0 Å². The third-order valence-electron chi connectivity index (χ3n) is 2.98. The van der Waals surface area contributed by atoms with Crippen molar-refractivity contribution in [2.75, 3.05) is 31.7 Å². The summed E-state index contributed by atoms with van der Waals surface area (Å²) >= 11 is 0. The van der Waals surface area contributed by atoms with E-state index in [9.17, 15) is 14.4 Å². The quantitative estimate of drug-likeness (QED) is 0.695. The number of aryl methyl sites for hydroxylation is 2. The Kier molecular flexibility index (Phi) is 7.76. The van der Waals surface area contributed by atoms with Crippen LogP contribution in [0.15, 0.2) is 18.2 Å². The van der Waals surface area contributed by atoms with Crippen molar-refractivity contribution in [3.63, 3.8) is 0 Å². The number of nitrogens with one attached hydrogen (secondary N) is 2. The second-order valence-electron chi connectivity index (χ2n) is 4.89. The van der Waals surface area contributed by atoms with E-state index in [1.807, 2.05) is 32.0 Å². The number of ether oxygens (including phenoxy) is 2. The highest BCUT2D eigenvalue weighted by atomic mass is 16.6. The van der Waals surface area contributed by atoms with E-state index in [0.717, 1.165) is 16.8 Å². The van der Waals surface area contributed by atoms with Crippen molar-refractivity contribution in [2.24, 2.45) is 0 Å². The van der Waals surface area contributed by atoms with Crippen LogP contribution in [0.4, 0.5) is 5.69 Å². The first-order valence-electron chi connectivity index (χ1n) is 7.30. The molecule has 7 nitrogen and oxygen atoms in total. The Bertz CT molecular complexity index is 551. The van der Waals surface area contributed by atoms with Gasteiger partial charge in [0.15, 0.2) is 6.61 Å². The largest absolute Gasteiger partial charge is 0.454 e. The van der Waals surface area contributed by atoms with Crippen LogP contribution in [0.5, 0.6) is 0 Å². The molecule has 7 heteroatoms. The van der Waals surface area contributed by atoms with Gasteiger partial charge in [0.25, 0.3) is 5.91 Å². The Morgan fingerprint density at radius 2 is 1.70 bits per heavy atom. The Balaban J connectivity index is 2.33. The minimum Gasteiger partial charge on any atom is -0.454 e. The van der Waals surface area contributed by atoms with Gasteiger partial charge in [-0.2, -0.15) is 0 Å². The van der Waals surface area contributed by atoms with Gasteiger partial charge in [-0.05, 0) is 31.9 Å². The summed E-state index contributed by atoms with van der Waals surface area (Å²) in [5, 5.41) is 5.13. The number of hydrogen-bond acceptors (Lipinski definition) is 5. The van der Waals surface area contributed by atoms with Gasteiger partial charge >= 0.3 is 5.97 Å². The fourth-order valence-corrected chi connectivity index (χ4v) is 1.80. The summed E-state index contributed by atoms with van der Waals surface area (Å²) in [6.07, 6.45) is 0. The standard InChI is InChI=1S/C16H22N2O5/c1-4-22-10-15(21)23-9-14(20)17-8-13(19)18-16-11(2)6-5-7-12(16)3/h5-7H,4,8-10H2,1-3H3,(H,17,20)(H,18,19).